The van der Waals surface area contributed by atoms with Gasteiger partial charge in [0.1, 0.15) is 11.5 Å². The second-order valence-electron chi connectivity index (χ2n) is 6.91. The van der Waals surface area contributed by atoms with Gasteiger partial charge in [0.15, 0.2) is 0 Å². The molecular weight excluding hydrogens is 325 g/mol. The summed E-state index contributed by atoms with van der Waals surface area (Å²) in [5.41, 5.74) is 2.24. The first kappa shape index (κ1) is 15.4. The van der Waals surface area contributed by atoms with Crippen LogP contribution in [0.15, 0.2) is 18.3 Å². The lowest BCUT2D eigenvalue weighted by Crippen LogP contribution is -2.38. The van der Waals surface area contributed by atoms with Gasteiger partial charge in [-0.15, -0.1) is 5.10 Å². The Hall–Kier alpha value is -1.90. The van der Waals surface area contributed by atoms with E-state index in [1.807, 2.05) is 4.68 Å². The molecule has 2 aromatic heterocycles. The molecule has 5 rings (SSSR count). The molecule has 3 aliphatic rings. The van der Waals surface area contributed by atoms with Crippen molar-refractivity contribution in [3.63, 3.8) is 0 Å². The van der Waals surface area contributed by atoms with E-state index in [2.05, 4.69) is 20.2 Å². The van der Waals surface area contributed by atoms with Crippen molar-refractivity contribution in [2.45, 2.75) is 37.6 Å². The SMILES string of the molecule is Fc1ccc(-c2nnn3c2CO[C@@H]2CN(C4CCOCC4)C[C@H]23)nc1. The molecule has 0 spiro atoms. The minimum Gasteiger partial charge on any atom is -0.381 e. The second kappa shape index (κ2) is 6.12. The predicted octanol–water partition coefficient (Wildman–Crippen LogP) is 1.41. The van der Waals surface area contributed by atoms with E-state index in [-0.39, 0.29) is 18.0 Å². The second-order valence-corrected chi connectivity index (χ2v) is 6.91. The van der Waals surface area contributed by atoms with Crippen LogP contribution < -0.4 is 0 Å². The number of ether oxygens (including phenoxy) is 2. The smallest absolute Gasteiger partial charge is 0.141 e. The van der Waals surface area contributed by atoms with E-state index in [0.29, 0.717) is 24.0 Å². The highest BCUT2D eigenvalue weighted by Crippen LogP contribution is 2.35. The van der Waals surface area contributed by atoms with Crippen molar-refractivity contribution in [2.24, 2.45) is 0 Å². The Balaban J connectivity index is 1.41. The topological polar surface area (TPSA) is 65.3 Å². The van der Waals surface area contributed by atoms with Crippen molar-refractivity contribution < 1.29 is 13.9 Å². The molecule has 0 aromatic carbocycles. The lowest BCUT2D eigenvalue weighted by molar-refractivity contribution is -0.00871. The van der Waals surface area contributed by atoms with Gasteiger partial charge in [-0.2, -0.15) is 0 Å². The number of fused-ring (bicyclic) bond motifs is 3. The molecule has 5 heterocycles. The Morgan fingerprint density at radius 3 is 2.84 bits per heavy atom. The fourth-order valence-electron chi connectivity index (χ4n) is 4.15. The number of nitrogens with zero attached hydrogens (tertiary/aromatic N) is 5. The van der Waals surface area contributed by atoms with Gasteiger partial charge in [-0.25, -0.2) is 9.07 Å². The van der Waals surface area contributed by atoms with Crippen molar-refractivity contribution in [3.05, 3.63) is 29.8 Å². The fraction of sp³-hybridized carbons (Fsp3) is 0.588. The molecule has 2 atom stereocenters. The van der Waals surface area contributed by atoms with E-state index in [4.69, 9.17) is 9.47 Å². The van der Waals surface area contributed by atoms with Crippen LogP contribution in [0.5, 0.6) is 0 Å². The highest BCUT2D eigenvalue weighted by atomic mass is 19.1. The van der Waals surface area contributed by atoms with Crippen molar-refractivity contribution in [2.75, 3.05) is 26.3 Å². The van der Waals surface area contributed by atoms with E-state index in [1.54, 1.807) is 6.07 Å². The van der Waals surface area contributed by atoms with Crippen molar-refractivity contribution in [3.8, 4) is 11.4 Å². The van der Waals surface area contributed by atoms with Crippen LogP contribution in [0.4, 0.5) is 4.39 Å². The van der Waals surface area contributed by atoms with Gasteiger partial charge in [0.2, 0.25) is 0 Å². The molecule has 7 nitrogen and oxygen atoms in total. The summed E-state index contributed by atoms with van der Waals surface area (Å²) in [6, 6.07) is 3.76. The molecule has 0 bridgehead atoms. The quantitative estimate of drug-likeness (QED) is 0.820. The summed E-state index contributed by atoms with van der Waals surface area (Å²) in [7, 11) is 0. The highest BCUT2D eigenvalue weighted by molar-refractivity contribution is 5.56. The molecule has 0 amide bonds. The number of hydrogen-bond acceptors (Lipinski definition) is 6. The summed E-state index contributed by atoms with van der Waals surface area (Å²) in [5, 5.41) is 8.68. The van der Waals surface area contributed by atoms with Gasteiger partial charge in [0.05, 0.1) is 36.3 Å². The fourth-order valence-corrected chi connectivity index (χ4v) is 4.15. The first-order valence-corrected chi connectivity index (χ1v) is 8.79. The maximum absolute atomic E-state index is 13.1. The molecule has 0 saturated carbocycles. The Morgan fingerprint density at radius 1 is 1.16 bits per heavy atom. The lowest BCUT2D eigenvalue weighted by Gasteiger charge is -2.30. The summed E-state index contributed by atoms with van der Waals surface area (Å²) in [4.78, 5) is 6.64. The largest absolute Gasteiger partial charge is 0.381 e. The number of likely N-dealkylation sites (tertiary alicyclic amines) is 1. The maximum Gasteiger partial charge on any atom is 0.141 e. The van der Waals surface area contributed by atoms with Crippen LogP contribution in [-0.2, 0) is 16.1 Å². The maximum atomic E-state index is 13.1. The normalized spacial score (nSPS) is 27.2. The molecule has 0 aliphatic carbocycles. The Kier molecular flexibility index (Phi) is 3.76. The van der Waals surface area contributed by atoms with Crippen molar-refractivity contribution in [1.82, 2.24) is 24.9 Å². The Bertz CT molecular complexity index is 759. The van der Waals surface area contributed by atoms with Crippen LogP contribution in [-0.4, -0.2) is 63.3 Å². The molecule has 0 radical (unpaired) electrons. The number of halogens is 1. The van der Waals surface area contributed by atoms with Gasteiger partial charge in [0.25, 0.3) is 0 Å². The van der Waals surface area contributed by atoms with Gasteiger partial charge >= 0.3 is 0 Å². The molecule has 0 unspecified atom stereocenters. The Labute approximate surface area is 144 Å². The zero-order chi connectivity index (χ0) is 16.8. The third kappa shape index (κ3) is 2.65. The average Bonchev–Trinajstić information content (AvgIpc) is 3.27. The van der Waals surface area contributed by atoms with E-state index >= 15 is 0 Å². The summed E-state index contributed by atoms with van der Waals surface area (Å²) in [6.07, 6.45) is 3.50. The minimum atomic E-state index is -0.357. The van der Waals surface area contributed by atoms with Gasteiger partial charge in [0, 0.05) is 32.3 Å². The molecule has 8 heteroatoms. The Morgan fingerprint density at radius 2 is 2.04 bits per heavy atom. The van der Waals surface area contributed by atoms with E-state index < -0.39 is 0 Å². The van der Waals surface area contributed by atoms with E-state index in [9.17, 15) is 4.39 Å². The van der Waals surface area contributed by atoms with Crippen LogP contribution in [0.2, 0.25) is 0 Å². The summed E-state index contributed by atoms with van der Waals surface area (Å²) < 4.78 is 26.7. The molecule has 132 valence electrons. The summed E-state index contributed by atoms with van der Waals surface area (Å²) in [5.74, 6) is -0.357. The number of hydrogen-bond donors (Lipinski definition) is 0. The van der Waals surface area contributed by atoms with Crippen LogP contribution in [0.1, 0.15) is 24.6 Å². The number of aromatic nitrogens is 4. The first-order chi connectivity index (χ1) is 12.3. The predicted molar refractivity (Wildman–Crippen MR) is 86.2 cm³/mol. The van der Waals surface area contributed by atoms with Crippen molar-refractivity contribution in [1.29, 1.82) is 0 Å². The lowest BCUT2D eigenvalue weighted by atomic mass is 10.1. The average molecular weight is 345 g/mol. The molecule has 25 heavy (non-hydrogen) atoms. The third-order valence-electron chi connectivity index (χ3n) is 5.48. The number of pyridine rings is 1. The standard InChI is InChI=1S/C17H20FN5O2/c18-11-1-2-13(19-7-11)17-15-10-25-16-9-22(12-3-5-24-6-4-12)8-14(16)23(15)21-20-17/h1-2,7,12,14,16H,3-6,8-10H2/t14-,16-/m1/s1. The zero-order valence-corrected chi connectivity index (χ0v) is 13.8. The zero-order valence-electron chi connectivity index (χ0n) is 13.8. The number of rotatable bonds is 2. The summed E-state index contributed by atoms with van der Waals surface area (Å²) in [6.45, 7) is 3.99. The molecule has 0 N–H and O–H groups in total. The highest BCUT2D eigenvalue weighted by Gasteiger charge is 2.43. The summed E-state index contributed by atoms with van der Waals surface area (Å²) >= 11 is 0. The van der Waals surface area contributed by atoms with Gasteiger partial charge in [-0.05, 0) is 25.0 Å². The van der Waals surface area contributed by atoms with Crippen LogP contribution in [0.3, 0.4) is 0 Å². The monoisotopic (exact) mass is 345 g/mol. The van der Waals surface area contributed by atoms with Gasteiger partial charge < -0.3 is 9.47 Å². The molecular formula is C17H20FN5O2. The van der Waals surface area contributed by atoms with Crippen molar-refractivity contribution >= 4 is 0 Å². The molecule has 2 fully saturated rings. The minimum absolute atomic E-state index is 0.145. The van der Waals surface area contributed by atoms with E-state index in [1.165, 1.54) is 12.3 Å². The van der Waals surface area contributed by atoms with Gasteiger partial charge in [-0.1, -0.05) is 5.21 Å². The third-order valence-corrected chi connectivity index (χ3v) is 5.48. The van der Waals surface area contributed by atoms with Crippen LogP contribution in [0, 0.1) is 5.82 Å². The molecule has 3 aliphatic heterocycles. The van der Waals surface area contributed by atoms with Gasteiger partial charge in [-0.3, -0.25) is 9.88 Å². The molecule has 2 saturated heterocycles. The van der Waals surface area contributed by atoms with E-state index in [0.717, 1.165) is 44.8 Å². The van der Waals surface area contributed by atoms with Crippen LogP contribution in [0.25, 0.3) is 11.4 Å². The van der Waals surface area contributed by atoms with Crippen LogP contribution >= 0.6 is 0 Å². The molecule has 2 aromatic rings. The first-order valence-electron chi connectivity index (χ1n) is 8.79.